The molecule has 1 saturated carbocycles. The highest BCUT2D eigenvalue weighted by Crippen LogP contribution is 2.44. The van der Waals surface area contributed by atoms with E-state index in [1.165, 1.54) is 18.3 Å². The third kappa shape index (κ3) is 5.24. The Morgan fingerprint density at radius 2 is 2.00 bits per heavy atom. The molecule has 0 aromatic carbocycles. The fraction of sp³-hybridized carbons (Fsp3) is 0.579. The number of pyridine rings is 1. The van der Waals surface area contributed by atoms with Gasteiger partial charge >= 0.3 is 6.18 Å². The number of hydrogen-bond donors (Lipinski definition) is 0. The van der Waals surface area contributed by atoms with Gasteiger partial charge in [-0.2, -0.15) is 13.2 Å². The summed E-state index contributed by atoms with van der Waals surface area (Å²) in [6.07, 6.45) is -1.58. The van der Waals surface area contributed by atoms with E-state index >= 15 is 0 Å². The summed E-state index contributed by atoms with van der Waals surface area (Å²) in [6, 6.07) is 1.97. The number of amides is 1. The topological polar surface area (TPSA) is 81.4 Å². The second kappa shape index (κ2) is 7.64. The average Bonchev–Trinajstić information content (AvgIpc) is 3.37. The predicted molar refractivity (Wildman–Crippen MR) is 96.2 cm³/mol. The Balaban J connectivity index is 1.92. The highest BCUT2D eigenvalue weighted by atomic mass is 19.4. The normalized spacial score (nSPS) is 15.8. The molecule has 1 atom stereocenters. The van der Waals surface area contributed by atoms with Crippen LogP contribution in [0.15, 0.2) is 22.7 Å². The van der Waals surface area contributed by atoms with E-state index in [1.54, 1.807) is 11.8 Å². The van der Waals surface area contributed by atoms with Crippen LogP contribution in [0.2, 0.25) is 0 Å². The largest absolute Gasteiger partial charge is 0.484 e. The van der Waals surface area contributed by atoms with Crippen molar-refractivity contribution in [3.8, 4) is 5.75 Å². The van der Waals surface area contributed by atoms with Crippen molar-refractivity contribution in [2.24, 2.45) is 5.41 Å². The monoisotopic (exact) mass is 412 g/mol. The van der Waals surface area contributed by atoms with Crippen LogP contribution in [0.4, 0.5) is 13.2 Å². The third-order valence-electron chi connectivity index (χ3n) is 4.40. The molecule has 1 aliphatic rings. The number of aryl methyl sites for hydroxylation is 1. The molecule has 0 spiro atoms. The molecular weight excluding hydrogens is 389 g/mol. The average molecular weight is 412 g/mol. The van der Waals surface area contributed by atoms with Gasteiger partial charge in [-0.15, -0.1) is 10.2 Å². The second-order valence-electron chi connectivity index (χ2n) is 8.15. The molecule has 0 saturated heterocycles. The van der Waals surface area contributed by atoms with Gasteiger partial charge in [0.2, 0.25) is 11.8 Å². The molecule has 0 radical (unpaired) electrons. The Morgan fingerprint density at radius 1 is 1.31 bits per heavy atom. The van der Waals surface area contributed by atoms with E-state index < -0.39 is 30.1 Å². The van der Waals surface area contributed by atoms with Gasteiger partial charge in [-0.25, -0.2) is 0 Å². The van der Waals surface area contributed by atoms with Crippen molar-refractivity contribution in [2.45, 2.75) is 58.8 Å². The molecule has 1 amide bonds. The maximum absolute atomic E-state index is 13.3. The van der Waals surface area contributed by atoms with Crippen LogP contribution in [-0.4, -0.2) is 44.8 Å². The zero-order chi connectivity index (χ0) is 21.4. The molecule has 7 nitrogen and oxygen atoms in total. The zero-order valence-electron chi connectivity index (χ0n) is 16.7. The van der Waals surface area contributed by atoms with Gasteiger partial charge in [-0.05, 0) is 24.3 Å². The zero-order valence-corrected chi connectivity index (χ0v) is 16.7. The summed E-state index contributed by atoms with van der Waals surface area (Å²) in [6.45, 7) is 6.09. The van der Waals surface area contributed by atoms with Gasteiger partial charge < -0.3 is 14.1 Å². The SMILES string of the molecule is Cc1nnc(C(N(C(=O)c2cc(OCC(F)(F)F)ccn2)C2CC2)C(C)(C)C)o1. The minimum atomic E-state index is -4.47. The Morgan fingerprint density at radius 3 is 2.52 bits per heavy atom. The summed E-state index contributed by atoms with van der Waals surface area (Å²) in [5.41, 5.74) is -0.427. The highest BCUT2D eigenvalue weighted by Gasteiger charge is 2.46. The van der Waals surface area contributed by atoms with Gasteiger partial charge in [0.25, 0.3) is 5.91 Å². The predicted octanol–water partition coefficient (Wildman–Crippen LogP) is 4.11. The van der Waals surface area contributed by atoms with Gasteiger partial charge in [0.05, 0.1) is 0 Å². The maximum Gasteiger partial charge on any atom is 0.422 e. The molecule has 3 rings (SSSR count). The van der Waals surface area contributed by atoms with Crippen LogP contribution < -0.4 is 4.74 Å². The molecule has 158 valence electrons. The van der Waals surface area contributed by atoms with Gasteiger partial charge in [-0.3, -0.25) is 9.78 Å². The van der Waals surface area contributed by atoms with E-state index in [-0.39, 0.29) is 17.5 Å². The molecule has 1 unspecified atom stereocenters. The lowest BCUT2D eigenvalue weighted by Crippen LogP contribution is -2.43. The standard InChI is InChI=1S/C19H23F3N4O3/c1-11-24-25-16(29-11)15(18(2,3)4)26(12-5-6-12)17(27)14-9-13(7-8-23-14)28-10-19(20,21)22/h7-9,12,15H,5-6,10H2,1-4H3. The van der Waals surface area contributed by atoms with Gasteiger partial charge in [0.1, 0.15) is 17.5 Å². The molecule has 2 aromatic heterocycles. The summed E-state index contributed by atoms with van der Waals surface area (Å²) >= 11 is 0. The molecule has 1 aliphatic carbocycles. The van der Waals surface area contributed by atoms with E-state index in [0.717, 1.165) is 12.8 Å². The lowest BCUT2D eigenvalue weighted by molar-refractivity contribution is -0.153. The number of aromatic nitrogens is 3. The lowest BCUT2D eigenvalue weighted by Gasteiger charge is -2.38. The van der Waals surface area contributed by atoms with Crippen LogP contribution in [0.5, 0.6) is 5.75 Å². The minimum Gasteiger partial charge on any atom is -0.484 e. The first-order chi connectivity index (χ1) is 13.5. The molecule has 29 heavy (non-hydrogen) atoms. The van der Waals surface area contributed by atoms with Crippen molar-refractivity contribution in [3.05, 3.63) is 35.8 Å². The number of hydrogen-bond acceptors (Lipinski definition) is 6. The Hall–Kier alpha value is -2.65. The van der Waals surface area contributed by atoms with Crippen LogP contribution >= 0.6 is 0 Å². The van der Waals surface area contributed by atoms with Crippen LogP contribution in [0.25, 0.3) is 0 Å². The highest BCUT2D eigenvalue weighted by molar-refractivity contribution is 5.93. The third-order valence-corrected chi connectivity index (χ3v) is 4.40. The van der Waals surface area contributed by atoms with Crippen molar-refractivity contribution in [3.63, 3.8) is 0 Å². The fourth-order valence-corrected chi connectivity index (χ4v) is 3.09. The molecule has 2 aromatic rings. The molecule has 0 N–H and O–H groups in total. The first-order valence-corrected chi connectivity index (χ1v) is 9.24. The summed E-state index contributed by atoms with van der Waals surface area (Å²) < 4.78 is 47.7. The number of alkyl halides is 3. The smallest absolute Gasteiger partial charge is 0.422 e. The first kappa shape index (κ1) is 21.1. The number of halogens is 3. The summed E-state index contributed by atoms with van der Waals surface area (Å²) in [7, 11) is 0. The molecule has 0 aliphatic heterocycles. The molecule has 10 heteroatoms. The van der Waals surface area contributed by atoms with E-state index in [4.69, 9.17) is 9.15 Å². The molecule has 2 heterocycles. The number of rotatable bonds is 6. The van der Waals surface area contributed by atoms with E-state index in [0.29, 0.717) is 11.8 Å². The van der Waals surface area contributed by atoms with Gasteiger partial charge in [0.15, 0.2) is 6.61 Å². The van der Waals surface area contributed by atoms with Crippen molar-refractivity contribution in [1.29, 1.82) is 0 Å². The molecule has 0 bridgehead atoms. The van der Waals surface area contributed by atoms with Crippen molar-refractivity contribution < 1.29 is 27.1 Å². The number of nitrogens with zero attached hydrogens (tertiary/aromatic N) is 4. The number of carbonyl (C=O) groups excluding carboxylic acids is 1. The maximum atomic E-state index is 13.3. The van der Waals surface area contributed by atoms with Crippen molar-refractivity contribution in [2.75, 3.05) is 6.61 Å². The van der Waals surface area contributed by atoms with Gasteiger partial charge in [-0.1, -0.05) is 20.8 Å². The fourth-order valence-electron chi connectivity index (χ4n) is 3.09. The van der Waals surface area contributed by atoms with E-state index in [9.17, 15) is 18.0 Å². The summed E-state index contributed by atoms with van der Waals surface area (Å²) in [4.78, 5) is 19.1. The van der Waals surface area contributed by atoms with Crippen LogP contribution in [0, 0.1) is 12.3 Å². The summed E-state index contributed by atoms with van der Waals surface area (Å²) in [5, 5.41) is 7.99. The van der Waals surface area contributed by atoms with Crippen LogP contribution in [0.1, 0.15) is 61.9 Å². The molecular formula is C19H23F3N4O3. The van der Waals surface area contributed by atoms with E-state index in [1.807, 2.05) is 20.8 Å². The Kier molecular flexibility index (Phi) is 5.55. The second-order valence-corrected chi connectivity index (χ2v) is 8.15. The van der Waals surface area contributed by atoms with Crippen LogP contribution in [-0.2, 0) is 0 Å². The summed E-state index contributed by atoms with van der Waals surface area (Å²) in [5.74, 6) is 0.218. The van der Waals surface area contributed by atoms with Crippen molar-refractivity contribution in [1.82, 2.24) is 20.1 Å². The quantitative estimate of drug-likeness (QED) is 0.710. The van der Waals surface area contributed by atoms with Crippen molar-refractivity contribution >= 4 is 5.91 Å². The first-order valence-electron chi connectivity index (χ1n) is 9.24. The minimum absolute atomic E-state index is 0.00191. The Labute approximate surface area is 166 Å². The number of carbonyl (C=O) groups is 1. The lowest BCUT2D eigenvalue weighted by atomic mass is 9.85. The Bertz CT molecular complexity index is 872. The van der Waals surface area contributed by atoms with Crippen LogP contribution in [0.3, 0.4) is 0 Å². The van der Waals surface area contributed by atoms with Gasteiger partial charge in [0, 0.05) is 25.2 Å². The number of ether oxygens (including phenoxy) is 1. The van der Waals surface area contributed by atoms with E-state index in [2.05, 4.69) is 15.2 Å². The molecule has 1 fully saturated rings.